The van der Waals surface area contributed by atoms with Crippen molar-refractivity contribution in [3.63, 3.8) is 0 Å². The first-order valence-electron chi connectivity index (χ1n) is 8.47. The highest BCUT2D eigenvalue weighted by atomic mass is 16.6. The van der Waals surface area contributed by atoms with Gasteiger partial charge < -0.3 is 15.0 Å². The van der Waals surface area contributed by atoms with Gasteiger partial charge in [0.25, 0.3) is 0 Å². The number of ether oxygens (including phenoxy) is 1. The van der Waals surface area contributed by atoms with E-state index in [4.69, 9.17) is 4.74 Å². The summed E-state index contributed by atoms with van der Waals surface area (Å²) >= 11 is 0. The fourth-order valence-electron chi connectivity index (χ4n) is 4.14. The molecule has 1 aromatic carbocycles. The molecule has 1 unspecified atom stereocenters. The van der Waals surface area contributed by atoms with E-state index in [0.717, 1.165) is 31.5 Å². The number of rotatable bonds is 3. The lowest BCUT2D eigenvalue weighted by atomic mass is 9.79. The van der Waals surface area contributed by atoms with Gasteiger partial charge in [-0.05, 0) is 44.2 Å². The highest BCUT2D eigenvalue weighted by Crippen LogP contribution is 2.36. The van der Waals surface area contributed by atoms with Crippen LogP contribution < -0.4 is 5.32 Å². The second kappa shape index (κ2) is 6.69. The van der Waals surface area contributed by atoms with Gasteiger partial charge in [-0.3, -0.25) is 0 Å². The van der Waals surface area contributed by atoms with Crippen LogP contribution in [0.15, 0.2) is 30.3 Å². The first-order chi connectivity index (χ1) is 10.7. The second-order valence-corrected chi connectivity index (χ2v) is 6.45. The van der Waals surface area contributed by atoms with Gasteiger partial charge in [-0.25, -0.2) is 4.79 Å². The molecule has 2 aliphatic heterocycles. The van der Waals surface area contributed by atoms with E-state index < -0.39 is 0 Å². The molecule has 2 saturated heterocycles. The Balaban J connectivity index is 1.65. The van der Waals surface area contributed by atoms with E-state index in [9.17, 15) is 4.79 Å². The minimum absolute atomic E-state index is 0.124. The maximum absolute atomic E-state index is 12.6. The summed E-state index contributed by atoms with van der Waals surface area (Å²) in [4.78, 5) is 14.5. The second-order valence-electron chi connectivity index (χ2n) is 6.45. The Bertz CT molecular complexity index is 497. The number of amides is 1. The van der Waals surface area contributed by atoms with E-state index in [-0.39, 0.29) is 17.7 Å². The maximum atomic E-state index is 12.6. The van der Waals surface area contributed by atoms with Crippen LogP contribution in [0.2, 0.25) is 0 Å². The average molecular weight is 302 g/mol. The quantitative estimate of drug-likeness (QED) is 0.931. The Morgan fingerprint density at radius 1 is 1.32 bits per heavy atom. The van der Waals surface area contributed by atoms with Crippen molar-refractivity contribution in [1.29, 1.82) is 0 Å². The summed E-state index contributed by atoms with van der Waals surface area (Å²) in [7, 11) is 0. The minimum Gasteiger partial charge on any atom is -0.445 e. The molecule has 4 heteroatoms. The number of benzene rings is 1. The van der Waals surface area contributed by atoms with Crippen molar-refractivity contribution in [3.05, 3.63) is 35.9 Å². The summed E-state index contributed by atoms with van der Waals surface area (Å²) < 4.78 is 5.56. The molecular weight excluding hydrogens is 276 g/mol. The van der Waals surface area contributed by atoms with Crippen LogP contribution in [0.3, 0.4) is 0 Å². The normalized spacial score (nSPS) is 28.0. The van der Waals surface area contributed by atoms with Crippen LogP contribution in [0.1, 0.15) is 44.6 Å². The molecule has 1 N–H and O–H groups in total. The Kier molecular flexibility index (Phi) is 4.67. The topological polar surface area (TPSA) is 41.6 Å². The van der Waals surface area contributed by atoms with Crippen LogP contribution in [0.5, 0.6) is 0 Å². The summed E-state index contributed by atoms with van der Waals surface area (Å²) in [6.07, 6.45) is 5.44. The van der Waals surface area contributed by atoms with Gasteiger partial charge in [-0.1, -0.05) is 37.3 Å². The number of nitrogens with one attached hydrogen (secondary N) is 1. The van der Waals surface area contributed by atoms with Gasteiger partial charge in [0.05, 0.1) is 6.04 Å². The monoisotopic (exact) mass is 302 g/mol. The molecule has 2 fully saturated rings. The van der Waals surface area contributed by atoms with Gasteiger partial charge in [-0.15, -0.1) is 0 Å². The van der Waals surface area contributed by atoms with E-state index in [1.807, 2.05) is 35.2 Å². The predicted octanol–water partition coefficient (Wildman–Crippen LogP) is 3.32. The van der Waals surface area contributed by atoms with E-state index in [1.54, 1.807) is 0 Å². The molecule has 3 rings (SSSR count). The van der Waals surface area contributed by atoms with Crippen LogP contribution >= 0.6 is 0 Å². The number of piperidine rings is 1. The van der Waals surface area contributed by atoms with E-state index in [1.165, 1.54) is 19.3 Å². The average Bonchev–Trinajstić information content (AvgIpc) is 3.02. The molecule has 0 radical (unpaired) electrons. The molecule has 2 heterocycles. The van der Waals surface area contributed by atoms with Gasteiger partial charge in [0.15, 0.2) is 0 Å². The van der Waals surface area contributed by atoms with Crippen molar-refractivity contribution in [2.75, 3.05) is 13.1 Å². The summed E-state index contributed by atoms with van der Waals surface area (Å²) in [5.74, 6) is 0. The number of hydrogen-bond acceptors (Lipinski definition) is 3. The lowest BCUT2D eigenvalue weighted by Gasteiger charge is -2.47. The Hall–Kier alpha value is -1.55. The molecular formula is C18H26N2O2. The van der Waals surface area contributed by atoms with Gasteiger partial charge in [0.2, 0.25) is 0 Å². The van der Waals surface area contributed by atoms with Crippen molar-refractivity contribution >= 4 is 6.09 Å². The summed E-state index contributed by atoms with van der Waals surface area (Å²) in [6.45, 7) is 4.42. The number of carbonyl (C=O) groups is 1. The van der Waals surface area contributed by atoms with Crippen LogP contribution in [-0.2, 0) is 11.3 Å². The number of nitrogens with zero attached hydrogens (tertiary/aromatic N) is 1. The van der Waals surface area contributed by atoms with Crippen LogP contribution in [0, 0.1) is 0 Å². The number of carbonyl (C=O) groups excluding carboxylic acids is 1. The predicted molar refractivity (Wildman–Crippen MR) is 86.6 cm³/mol. The Labute approximate surface area is 132 Å². The molecule has 2 atom stereocenters. The molecule has 120 valence electrons. The standard InChI is InChI=1S/C18H26N2O2/c1-2-16-18(10-6-12-19-18)11-7-13-20(16)17(21)22-14-15-8-4-3-5-9-15/h3-5,8-9,16,19H,2,6-7,10-14H2,1H3/t16?,18-/m1/s1. The molecule has 0 bridgehead atoms. The molecule has 1 amide bonds. The molecule has 2 aliphatic rings. The van der Waals surface area contributed by atoms with Crippen molar-refractivity contribution in [3.8, 4) is 0 Å². The SMILES string of the molecule is CCC1N(C(=O)OCc2ccccc2)CCC[C@]12CCCN2. The molecule has 4 nitrogen and oxygen atoms in total. The van der Waals surface area contributed by atoms with Crippen LogP contribution in [0.4, 0.5) is 4.79 Å². The highest BCUT2D eigenvalue weighted by molar-refractivity contribution is 5.68. The summed E-state index contributed by atoms with van der Waals surface area (Å²) in [5, 5.41) is 3.68. The fraction of sp³-hybridized carbons (Fsp3) is 0.611. The molecule has 1 aromatic rings. The van der Waals surface area contributed by atoms with Gasteiger partial charge in [0, 0.05) is 12.1 Å². The molecule has 0 aliphatic carbocycles. The smallest absolute Gasteiger partial charge is 0.410 e. The van der Waals surface area contributed by atoms with Gasteiger partial charge in [-0.2, -0.15) is 0 Å². The molecule has 22 heavy (non-hydrogen) atoms. The van der Waals surface area contributed by atoms with Gasteiger partial charge >= 0.3 is 6.09 Å². The lowest BCUT2D eigenvalue weighted by Crippen LogP contribution is -2.62. The summed E-state index contributed by atoms with van der Waals surface area (Å²) in [5.41, 5.74) is 1.16. The van der Waals surface area contributed by atoms with Crippen LogP contribution in [0.25, 0.3) is 0 Å². The zero-order valence-corrected chi connectivity index (χ0v) is 13.4. The first kappa shape index (κ1) is 15.3. The minimum atomic E-state index is -0.163. The number of hydrogen-bond donors (Lipinski definition) is 1. The third-order valence-electron chi connectivity index (χ3n) is 5.14. The first-order valence-corrected chi connectivity index (χ1v) is 8.47. The van der Waals surface area contributed by atoms with E-state index in [0.29, 0.717) is 6.61 Å². The maximum Gasteiger partial charge on any atom is 0.410 e. The van der Waals surface area contributed by atoms with Crippen molar-refractivity contribution < 1.29 is 9.53 Å². The third kappa shape index (κ3) is 2.98. The van der Waals surface area contributed by atoms with Crippen molar-refractivity contribution in [1.82, 2.24) is 10.2 Å². The van der Waals surface area contributed by atoms with E-state index >= 15 is 0 Å². The van der Waals surface area contributed by atoms with Crippen molar-refractivity contribution in [2.24, 2.45) is 0 Å². The fourth-order valence-corrected chi connectivity index (χ4v) is 4.14. The molecule has 0 saturated carbocycles. The van der Waals surface area contributed by atoms with Gasteiger partial charge in [0.1, 0.15) is 6.61 Å². The van der Waals surface area contributed by atoms with E-state index in [2.05, 4.69) is 12.2 Å². The Morgan fingerprint density at radius 3 is 2.77 bits per heavy atom. The highest BCUT2D eigenvalue weighted by Gasteiger charge is 2.47. The third-order valence-corrected chi connectivity index (χ3v) is 5.14. The van der Waals surface area contributed by atoms with Crippen molar-refractivity contribution in [2.45, 2.75) is 57.2 Å². The lowest BCUT2D eigenvalue weighted by molar-refractivity contribution is 0.0306. The molecule has 1 spiro atoms. The van der Waals surface area contributed by atoms with Crippen LogP contribution in [-0.4, -0.2) is 35.7 Å². The summed E-state index contributed by atoms with van der Waals surface area (Å²) in [6, 6.07) is 10.1. The Morgan fingerprint density at radius 2 is 2.09 bits per heavy atom. The largest absolute Gasteiger partial charge is 0.445 e. The molecule has 0 aromatic heterocycles. The zero-order valence-electron chi connectivity index (χ0n) is 13.4. The zero-order chi connectivity index (χ0) is 15.4. The number of likely N-dealkylation sites (tertiary alicyclic amines) is 1.